The average Bonchev–Trinajstić information content (AvgIpc) is 2.93. The molecule has 1 saturated heterocycles. The van der Waals surface area contributed by atoms with Gasteiger partial charge in [-0.1, -0.05) is 0 Å². The number of carbonyl (C=O) groups is 1. The van der Waals surface area contributed by atoms with E-state index in [9.17, 15) is 4.79 Å². The average molecular weight is 249 g/mol. The Morgan fingerprint density at radius 1 is 1.33 bits per heavy atom. The molecule has 1 amide bonds. The summed E-state index contributed by atoms with van der Waals surface area (Å²) in [6.45, 7) is 2.42. The number of nitrogens with zero attached hydrogens (tertiary/aromatic N) is 3. The van der Waals surface area contributed by atoms with Crippen LogP contribution in [0, 0.1) is 0 Å². The van der Waals surface area contributed by atoms with E-state index in [1.54, 1.807) is 19.4 Å². The molecule has 18 heavy (non-hydrogen) atoms. The number of likely N-dealkylation sites (tertiary alicyclic amines) is 1. The molecule has 0 atom stereocenters. The number of nitrogens with one attached hydrogen (secondary N) is 2. The molecule has 1 aliphatic rings. The summed E-state index contributed by atoms with van der Waals surface area (Å²) in [4.78, 5) is 22.0. The molecule has 6 nitrogen and oxygen atoms in total. The summed E-state index contributed by atoms with van der Waals surface area (Å²) in [6.07, 6.45) is 6.08. The van der Waals surface area contributed by atoms with Gasteiger partial charge in [0.15, 0.2) is 0 Å². The third kappa shape index (κ3) is 3.32. The first-order valence-electron chi connectivity index (χ1n) is 6.31. The van der Waals surface area contributed by atoms with Gasteiger partial charge >= 0.3 is 0 Å². The van der Waals surface area contributed by atoms with Crippen molar-refractivity contribution in [1.82, 2.24) is 14.9 Å². The van der Waals surface area contributed by atoms with Crippen molar-refractivity contribution >= 4 is 17.5 Å². The fourth-order valence-corrected chi connectivity index (χ4v) is 1.99. The summed E-state index contributed by atoms with van der Waals surface area (Å²) in [5.41, 5.74) is 0. The maximum atomic E-state index is 11.8. The zero-order chi connectivity index (χ0) is 12.8. The van der Waals surface area contributed by atoms with Crippen molar-refractivity contribution in [3.05, 3.63) is 12.4 Å². The Labute approximate surface area is 107 Å². The lowest BCUT2D eigenvalue weighted by atomic mass is 10.3. The molecule has 1 fully saturated rings. The first-order valence-corrected chi connectivity index (χ1v) is 6.31. The van der Waals surface area contributed by atoms with Gasteiger partial charge in [0.25, 0.3) is 0 Å². The normalized spacial score (nSPS) is 14.6. The second-order valence-corrected chi connectivity index (χ2v) is 4.30. The Bertz CT molecular complexity index is 403. The molecule has 0 saturated carbocycles. The Hall–Kier alpha value is -1.85. The van der Waals surface area contributed by atoms with Gasteiger partial charge in [0.1, 0.15) is 11.6 Å². The maximum absolute atomic E-state index is 11.8. The van der Waals surface area contributed by atoms with Crippen LogP contribution in [0.1, 0.15) is 19.3 Å². The molecule has 2 rings (SSSR count). The van der Waals surface area contributed by atoms with Crippen molar-refractivity contribution < 1.29 is 4.79 Å². The molecule has 2 N–H and O–H groups in total. The predicted octanol–water partition coefficient (Wildman–Crippen LogP) is 0.943. The van der Waals surface area contributed by atoms with E-state index in [1.807, 2.05) is 4.90 Å². The molecule has 1 aromatic rings. The van der Waals surface area contributed by atoms with Gasteiger partial charge in [-0.25, -0.2) is 4.98 Å². The number of rotatable bonds is 5. The number of amides is 1. The standard InChI is InChI=1S/C12H19N5O/c1-13-10-8-14-9-11(16-10)15-5-4-12(18)17-6-2-3-7-17/h8-9H,2-7H2,1H3,(H2,13,15,16). The van der Waals surface area contributed by atoms with Crippen LogP contribution in [-0.4, -0.2) is 47.5 Å². The monoisotopic (exact) mass is 249 g/mol. The Morgan fingerprint density at radius 2 is 2.06 bits per heavy atom. The van der Waals surface area contributed by atoms with Crippen LogP contribution in [0.4, 0.5) is 11.6 Å². The van der Waals surface area contributed by atoms with Gasteiger partial charge in [-0.05, 0) is 12.8 Å². The van der Waals surface area contributed by atoms with Gasteiger partial charge in [0, 0.05) is 33.1 Å². The lowest BCUT2D eigenvalue weighted by Crippen LogP contribution is -2.29. The van der Waals surface area contributed by atoms with Crippen molar-refractivity contribution in [2.75, 3.05) is 37.3 Å². The zero-order valence-electron chi connectivity index (χ0n) is 10.6. The lowest BCUT2D eigenvalue weighted by molar-refractivity contribution is -0.129. The number of anilines is 2. The second kappa shape index (κ2) is 6.18. The van der Waals surface area contributed by atoms with E-state index in [-0.39, 0.29) is 5.91 Å². The number of aromatic nitrogens is 2. The van der Waals surface area contributed by atoms with Crippen LogP contribution in [0.3, 0.4) is 0 Å². The molecule has 0 spiro atoms. The quantitative estimate of drug-likeness (QED) is 0.813. The van der Waals surface area contributed by atoms with E-state index in [2.05, 4.69) is 20.6 Å². The summed E-state index contributed by atoms with van der Waals surface area (Å²) in [5, 5.41) is 6.04. The van der Waals surface area contributed by atoms with Crippen molar-refractivity contribution in [2.24, 2.45) is 0 Å². The van der Waals surface area contributed by atoms with Gasteiger partial charge in [0.2, 0.25) is 5.91 Å². The summed E-state index contributed by atoms with van der Waals surface area (Å²) >= 11 is 0. The lowest BCUT2D eigenvalue weighted by Gasteiger charge is -2.15. The Morgan fingerprint density at radius 3 is 2.78 bits per heavy atom. The van der Waals surface area contributed by atoms with Crippen LogP contribution in [-0.2, 0) is 4.79 Å². The molecule has 0 radical (unpaired) electrons. The first-order chi connectivity index (χ1) is 8.79. The predicted molar refractivity (Wildman–Crippen MR) is 70.5 cm³/mol. The van der Waals surface area contributed by atoms with Crippen molar-refractivity contribution in [1.29, 1.82) is 0 Å². The SMILES string of the molecule is CNc1cncc(NCCC(=O)N2CCCC2)n1. The number of hydrogen-bond donors (Lipinski definition) is 2. The highest BCUT2D eigenvalue weighted by Crippen LogP contribution is 2.09. The molecule has 1 aliphatic heterocycles. The van der Waals surface area contributed by atoms with Crippen LogP contribution < -0.4 is 10.6 Å². The minimum atomic E-state index is 0.220. The molecular weight excluding hydrogens is 230 g/mol. The molecule has 6 heteroatoms. The Balaban J connectivity index is 1.75. The zero-order valence-corrected chi connectivity index (χ0v) is 10.6. The van der Waals surface area contributed by atoms with Gasteiger partial charge in [-0.2, -0.15) is 0 Å². The second-order valence-electron chi connectivity index (χ2n) is 4.30. The van der Waals surface area contributed by atoms with Crippen molar-refractivity contribution in [3.8, 4) is 0 Å². The smallest absolute Gasteiger partial charge is 0.224 e. The molecule has 0 aromatic carbocycles. The summed E-state index contributed by atoms with van der Waals surface area (Å²) in [7, 11) is 1.80. The van der Waals surface area contributed by atoms with E-state index < -0.39 is 0 Å². The molecule has 1 aromatic heterocycles. The maximum Gasteiger partial charge on any atom is 0.224 e. The van der Waals surface area contributed by atoms with E-state index in [4.69, 9.17) is 0 Å². The Kier molecular flexibility index (Phi) is 4.33. The summed E-state index contributed by atoms with van der Waals surface area (Å²) in [5.74, 6) is 1.62. The van der Waals surface area contributed by atoms with Crippen LogP contribution in [0.2, 0.25) is 0 Å². The van der Waals surface area contributed by atoms with Crippen molar-refractivity contribution in [3.63, 3.8) is 0 Å². The molecular formula is C12H19N5O. The van der Waals surface area contributed by atoms with Gasteiger partial charge in [-0.15, -0.1) is 0 Å². The molecule has 0 aliphatic carbocycles. The minimum Gasteiger partial charge on any atom is -0.372 e. The molecule has 2 heterocycles. The van der Waals surface area contributed by atoms with E-state index >= 15 is 0 Å². The van der Waals surface area contributed by atoms with Crippen LogP contribution in [0.15, 0.2) is 12.4 Å². The fraction of sp³-hybridized carbons (Fsp3) is 0.583. The van der Waals surface area contributed by atoms with Gasteiger partial charge < -0.3 is 15.5 Å². The van der Waals surface area contributed by atoms with Crippen LogP contribution in [0.5, 0.6) is 0 Å². The first kappa shape index (κ1) is 12.6. The van der Waals surface area contributed by atoms with E-state index in [0.29, 0.717) is 24.6 Å². The highest BCUT2D eigenvalue weighted by molar-refractivity contribution is 5.76. The third-order valence-corrected chi connectivity index (χ3v) is 2.99. The highest BCUT2D eigenvalue weighted by atomic mass is 16.2. The molecule has 0 bridgehead atoms. The number of hydrogen-bond acceptors (Lipinski definition) is 5. The third-order valence-electron chi connectivity index (χ3n) is 2.99. The minimum absolute atomic E-state index is 0.220. The number of carbonyl (C=O) groups excluding carboxylic acids is 1. The molecule has 98 valence electrons. The van der Waals surface area contributed by atoms with Crippen LogP contribution in [0.25, 0.3) is 0 Å². The van der Waals surface area contributed by atoms with E-state index in [0.717, 1.165) is 25.9 Å². The summed E-state index contributed by atoms with van der Waals surface area (Å²) in [6, 6.07) is 0. The van der Waals surface area contributed by atoms with Crippen LogP contribution >= 0.6 is 0 Å². The van der Waals surface area contributed by atoms with Gasteiger partial charge in [0.05, 0.1) is 12.4 Å². The highest BCUT2D eigenvalue weighted by Gasteiger charge is 2.16. The summed E-state index contributed by atoms with van der Waals surface area (Å²) < 4.78 is 0. The molecule has 0 unspecified atom stereocenters. The largest absolute Gasteiger partial charge is 0.372 e. The van der Waals surface area contributed by atoms with Gasteiger partial charge in [-0.3, -0.25) is 9.78 Å². The fourth-order valence-electron chi connectivity index (χ4n) is 1.99. The van der Waals surface area contributed by atoms with E-state index in [1.165, 1.54) is 0 Å². The topological polar surface area (TPSA) is 70.2 Å². The van der Waals surface area contributed by atoms with Crippen molar-refractivity contribution in [2.45, 2.75) is 19.3 Å².